The zero-order valence-electron chi connectivity index (χ0n) is 43.2. The van der Waals surface area contributed by atoms with Crippen LogP contribution in [0.15, 0.2) is 55.0 Å². The van der Waals surface area contributed by atoms with E-state index in [1.165, 1.54) is 0 Å². The SMILES string of the molecule is CC[C@@H]1C(=O)N(C)c2cnc(Nc3ccc(C(=O)NCCCCOCCCOC4CCN(c5ncc(C(=O)NC6C(C)(C)C(Oc7ccc(C#N)c(Cl)c7)C6(C)C)cn5)CC4)cc3OC)nc2N1C1CCCC1. The van der Waals surface area contributed by atoms with E-state index in [1.54, 1.807) is 74.0 Å². The van der Waals surface area contributed by atoms with Gasteiger partial charge < -0.3 is 49.6 Å². The van der Waals surface area contributed by atoms with Crippen molar-refractivity contribution in [3.8, 4) is 17.6 Å². The molecule has 1 atom stereocenters. The second kappa shape index (κ2) is 23.3. The number of carbonyl (C=O) groups excluding carboxylic acids is 3. The zero-order chi connectivity index (χ0) is 51.9. The van der Waals surface area contributed by atoms with Crippen molar-refractivity contribution in [1.82, 2.24) is 30.6 Å². The van der Waals surface area contributed by atoms with E-state index in [4.69, 9.17) is 35.5 Å². The van der Waals surface area contributed by atoms with Gasteiger partial charge in [-0.15, -0.1) is 0 Å². The van der Waals surface area contributed by atoms with Crippen molar-refractivity contribution < 1.29 is 33.3 Å². The number of ether oxygens (including phenoxy) is 4. The zero-order valence-corrected chi connectivity index (χ0v) is 44.0. The number of methoxy groups -OCH3 is 1. The number of amides is 3. The molecule has 2 aromatic carbocycles. The van der Waals surface area contributed by atoms with Gasteiger partial charge in [0.2, 0.25) is 17.8 Å². The summed E-state index contributed by atoms with van der Waals surface area (Å²) < 4.78 is 24.1. The first-order valence-corrected chi connectivity index (χ1v) is 26.1. The van der Waals surface area contributed by atoms with E-state index in [0.717, 1.165) is 76.7 Å². The highest BCUT2D eigenvalue weighted by atomic mass is 35.5. The Kier molecular flexibility index (Phi) is 16.9. The molecule has 19 heteroatoms. The highest BCUT2D eigenvalue weighted by molar-refractivity contribution is 6.31. The molecule has 18 nitrogen and oxygen atoms in total. The van der Waals surface area contributed by atoms with Gasteiger partial charge in [-0.25, -0.2) is 15.0 Å². The Morgan fingerprint density at radius 3 is 2.30 bits per heavy atom. The second-order valence-corrected chi connectivity index (χ2v) is 21.1. The minimum atomic E-state index is -0.391. The topological polar surface area (TPSA) is 209 Å². The molecular weight excluding hydrogens is 950 g/mol. The number of benzene rings is 2. The summed E-state index contributed by atoms with van der Waals surface area (Å²) >= 11 is 6.25. The van der Waals surface area contributed by atoms with Crippen LogP contribution in [0.25, 0.3) is 0 Å². The van der Waals surface area contributed by atoms with Gasteiger partial charge in [0.05, 0.1) is 41.2 Å². The number of piperidine rings is 1. The maximum Gasteiger partial charge on any atom is 0.254 e. The van der Waals surface area contributed by atoms with Gasteiger partial charge in [0.15, 0.2) is 5.82 Å². The molecule has 3 amide bonds. The summed E-state index contributed by atoms with van der Waals surface area (Å²) in [6.45, 7) is 14.1. The Balaban J connectivity index is 0.688. The number of halogens is 1. The number of aromatic nitrogens is 4. The van der Waals surface area contributed by atoms with Gasteiger partial charge in [-0.1, -0.05) is 59.1 Å². The lowest BCUT2D eigenvalue weighted by molar-refractivity contribution is -0.164. The van der Waals surface area contributed by atoms with Crippen LogP contribution in [0.4, 0.5) is 29.1 Å². The van der Waals surface area contributed by atoms with Crippen LogP contribution in [-0.4, -0.2) is 122 Å². The Labute approximate surface area is 433 Å². The van der Waals surface area contributed by atoms with Gasteiger partial charge in [-0.05, 0) is 81.7 Å². The highest BCUT2D eigenvalue weighted by Gasteiger charge is 2.64. The molecule has 73 heavy (non-hydrogen) atoms. The molecule has 4 aliphatic rings. The van der Waals surface area contributed by atoms with Crippen molar-refractivity contribution in [2.45, 2.75) is 129 Å². The monoisotopic (exact) mass is 1020 g/mol. The van der Waals surface area contributed by atoms with Crippen LogP contribution < -0.4 is 40.1 Å². The lowest BCUT2D eigenvalue weighted by atomic mass is 9.49. The molecule has 2 aliphatic carbocycles. The average molecular weight is 1020 g/mol. The number of fused-ring (bicyclic) bond motifs is 1. The Hall–Kier alpha value is -6.29. The van der Waals surface area contributed by atoms with E-state index in [2.05, 4.69) is 74.5 Å². The predicted molar refractivity (Wildman–Crippen MR) is 280 cm³/mol. The third-order valence-electron chi connectivity index (χ3n) is 15.0. The van der Waals surface area contributed by atoms with Crippen molar-refractivity contribution >= 4 is 58.4 Å². The third kappa shape index (κ3) is 11.7. The lowest BCUT2D eigenvalue weighted by Crippen LogP contribution is -2.74. The van der Waals surface area contributed by atoms with Crippen molar-refractivity contribution in [3.63, 3.8) is 0 Å². The van der Waals surface area contributed by atoms with Gasteiger partial charge in [-0.2, -0.15) is 10.2 Å². The quantitative estimate of drug-likeness (QED) is 0.0671. The van der Waals surface area contributed by atoms with E-state index < -0.39 is 10.8 Å². The number of nitriles is 1. The molecule has 0 spiro atoms. The summed E-state index contributed by atoms with van der Waals surface area (Å²) in [6.07, 6.45) is 13.9. The van der Waals surface area contributed by atoms with Gasteiger partial charge >= 0.3 is 0 Å². The first kappa shape index (κ1) is 53.0. The van der Waals surface area contributed by atoms with Crippen LogP contribution in [0.1, 0.15) is 125 Å². The molecule has 2 aliphatic heterocycles. The Bertz CT molecular complexity index is 2620. The average Bonchev–Trinajstić information content (AvgIpc) is 3.93. The van der Waals surface area contributed by atoms with E-state index in [0.29, 0.717) is 89.3 Å². The first-order chi connectivity index (χ1) is 35.1. The molecule has 4 aromatic rings. The van der Waals surface area contributed by atoms with E-state index >= 15 is 0 Å². The minimum absolute atomic E-state index is 0.0668. The van der Waals surface area contributed by atoms with Gasteiger partial charge in [0.1, 0.15) is 35.4 Å². The van der Waals surface area contributed by atoms with Crippen molar-refractivity contribution in [3.05, 3.63) is 76.7 Å². The summed E-state index contributed by atoms with van der Waals surface area (Å²) in [5, 5.41) is 19.1. The lowest BCUT2D eigenvalue weighted by Gasteiger charge is -2.63. The predicted octanol–water partition coefficient (Wildman–Crippen LogP) is 8.26. The fraction of sp³-hybridized carbons (Fsp3) is 0.556. The number of hydrogen-bond donors (Lipinski definition) is 3. The maximum absolute atomic E-state index is 13.4. The molecule has 4 heterocycles. The van der Waals surface area contributed by atoms with Crippen LogP contribution in [0.3, 0.4) is 0 Å². The molecule has 2 aromatic heterocycles. The van der Waals surface area contributed by atoms with E-state index in [9.17, 15) is 19.6 Å². The van der Waals surface area contributed by atoms with Crippen LogP contribution in [0.5, 0.6) is 11.5 Å². The van der Waals surface area contributed by atoms with Gasteiger partial charge in [0, 0.05) is 93.4 Å². The van der Waals surface area contributed by atoms with Crippen LogP contribution in [0, 0.1) is 22.2 Å². The molecule has 2 saturated carbocycles. The Morgan fingerprint density at radius 1 is 0.890 bits per heavy atom. The molecule has 390 valence electrons. The van der Waals surface area contributed by atoms with Gasteiger partial charge in [-0.3, -0.25) is 14.4 Å². The maximum atomic E-state index is 13.4. The van der Waals surface area contributed by atoms with E-state index in [-0.39, 0.29) is 48.1 Å². The summed E-state index contributed by atoms with van der Waals surface area (Å²) in [7, 11) is 3.35. The number of unbranched alkanes of at least 4 members (excludes halogenated alkanes) is 1. The van der Waals surface area contributed by atoms with Crippen LogP contribution >= 0.6 is 11.6 Å². The van der Waals surface area contributed by atoms with Crippen molar-refractivity contribution in [1.29, 1.82) is 5.26 Å². The summed E-state index contributed by atoms with van der Waals surface area (Å²) in [6, 6.07) is 12.2. The smallest absolute Gasteiger partial charge is 0.254 e. The number of rotatable bonds is 21. The number of nitrogens with zero attached hydrogens (tertiary/aromatic N) is 8. The second-order valence-electron chi connectivity index (χ2n) is 20.7. The molecular formula is C54H70ClN11O7. The molecule has 0 bridgehead atoms. The number of likely N-dealkylation sites (N-methyl/N-ethyl adjacent to an activating group) is 1. The fourth-order valence-electron chi connectivity index (χ4n) is 11.3. The van der Waals surface area contributed by atoms with Crippen LogP contribution in [0.2, 0.25) is 5.02 Å². The fourth-order valence-corrected chi connectivity index (χ4v) is 11.5. The summed E-state index contributed by atoms with van der Waals surface area (Å²) in [5.41, 5.74) is 1.80. The third-order valence-corrected chi connectivity index (χ3v) is 15.3. The molecule has 1 saturated heterocycles. The molecule has 0 radical (unpaired) electrons. The molecule has 8 rings (SSSR count). The van der Waals surface area contributed by atoms with Crippen molar-refractivity contribution in [2.24, 2.45) is 10.8 Å². The summed E-state index contributed by atoms with van der Waals surface area (Å²) in [5.74, 6) is 2.44. The molecule has 0 unspecified atom stereocenters. The standard InChI is InChI=1S/C54H70ClN11O7/c1-8-42-48(69)64(6)43-33-58-51(62-45(43)66(42)37-14-9-10-15-37)61-41-19-17-34(28-44(41)70-7)46(67)57-22-11-12-25-71-26-13-27-72-38-20-23-65(24-21-38)52-59-31-36(32-60-52)47(68)63-49-53(2,3)50(54(49,4)5)73-39-18-16-35(30-56)40(55)29-39/h16-19,28-29,31-33,37-38,42,49-50H,8-15,20-27H2,1-7H3,(H,57,67)(H,63,68)(H,58,61,62)/t42-,49?,50?/m1/s1. The summed E-state index contributed by atoms with van der Waals surface area (Å²) in [4.78, 5) is 64.4. The number of hydrogen-bond acceptors (Lipinski definition) is 15. The highest BCUT2D eigenvalue weighted by Crippen LogP contribution is 2.55. The number of anilines is 5. The number of carbonyl (C=O) groups is 3. The molecule has 3 N–H and O–H groups in total. The van der Waals surface area contributed by atoms with E-state index in [1.807, 2.05) is 6.92 Å². The first-order valence-electron chi connectivity index (χ1n) is 25.7. The molecule has 3 fully saturated rings. The largest absolute Gasteiger partial charge is 0.495 e. The Morgan fingerprint density at radius 2 is 1.62 bits per heavy atom. The minimum Gasteiger partial charge on any atom is -0.495 e. The van der Waals surface area contributed by atoms with Crippen LogP contribution in [-0.2, 0) is 14.3 Å². The number of nitrogens with one attached hydrogen (secondary N) is 3. The normalized spacial score (nSPS) is 20.5. The van der Waals surface area contributed by atoms with Crippen molar-refractivity contribution in [2.75, 3.05) is 73.6 Å². The van der Waals surface area contributed by atoms with Gasteiger partial charge in [0.25, 0.3) is 11.8 Å².